The van der Waals surface area contributed by atoms with E-state index in [0.717, 1.165) is 32.7 Å². The van der Waals surface area contributed by atoms with E-state index in [1.165, 1.54) is 28.5 Å². The maximum absolute atomic E-state index is 5.94. The van der Waals surface area contributed by atoms with E-state index in [-0.39, 0.29) is 0 Å². The van der Waals surface area contributed by atoms with Gasteiger partial charge in [0.05, 0.1) is 11.8 Å². The van der Waals surface area contributed by atoms with Gasteiger partial charge in [-0.05, 0) is 32.2 Å². The first-order valence-corrected chi connectivity index (χ1v) is 8.98. The van der Waals surface area contributed by atoms with E-state index < -0.39 is 0 Å². The molecule has 0 radical (unpaired) electrons. The third kappa shape index (κ3) is 4.41. The molecule has 4 nitrogen and oxygen atoms in total. The summed E-state index contributed by atoms with van der Waals surface area (Å²) in [7, 11) is 2.00. The SMILES string of the molecule is CCCOC1CCCN(c2nc(C(C)C)c(CNC)s2)C1. The maximum Gasteiger partial charge on any atom is 0.185 e. The molecule has 1 unspecified atom stereocenters. The van der Waals surface area contributed by atoms with Crippen molar-refractivity contribution in [2.24, 2.45) is 0 Å². The highest BCUT2D eigenvalue weighted by Gasteiger charge is 2.24. The van der Waals surface area contributed by atoms with Crippen molar-refractivity contribution in [3.63, 3.8) is 0 Å². The topological polar surface area (TPSA) is 37.4 Å². The van der Waals surface area contributed by atoms with Crippen molar-refractivity contribution in [2.75, 3.05) is 31.6 Å². The molecule has 1 saturated heterocycles. The highest BCUT2D eigenvalue weighted by molar-refractivity contribution is 7.15. The van der Waals surface area contributed by atoms with Crippen LogP contribution in [-0.2, 0) is 11.3 Å². The monoisotopic (exact) mass is 311 g/mol. The van der Waals surface area contributed by atoms with Crippen LogP contribution in [0.3, 0.4) is 0 Å². The lowest BCUT2D eigenvalue weighted by atomic mass is 10.1. The average Bonchev–Trinajstić information content (AvgIpc) is 2.90. The lowest BCUT2D eigenvalue weighted by Crippen LogP contribution is -2.39. The Kier molecular flexibility index (Phi) is 6.45. The number of thiazole rings is 1. The fourth-order valence-electron chi connectivity index (χ4n) is 2.76. The Hall–Kier alpha value is -0.650. The molecule has 0 bridgehead atoms. The summed E-state index contributed by atoms with van der Waals surface area (Å²) < 4.78 is 5.94. The van der Waals surface area contributed by atoms with Crippen LogP contribution < -0.4 is 10.2 Å². The van der Waals surface area contributed by atoms with E-state index in [0.29, 0.717) is 12.0 Å². The van der Waals surface area contributed by atoms with Gasteiger partial charge in [-0.1, -0.05) is 20.8 Å². The fraction of sp³-hybridized carbons (Fsp3) is 0.812. The number of ether oxygens (including phenoxy) is 1. The Morgan fingerprint density at radius 2 is 2.29 bits per heavy atom. The van der Waals surface area contributed by atoms with Gasteiger partial charge in [0.25, 0.3) is 0 Å². The van der Waals surface area contributed by atoms with Gasteiger partial charge in [0.2, 0.25) is 0 Å². The smallest absolute Gasteiger partial charge is 0.185 e. The van der Waals surface area contributed by atoms with Crippen molar-refractivity contribution in [3.8, 4) is 0 Å². The van der Waals surface area contributed by atoms with Crippen LogP contribution in [0, 0.1) is 0 Å². The van der Waals surface area contributed by atoms with E-state index in [1.807, 2.05) is 18.4 Å². The molecule has 0 saturated carbocycles. The molecule has 1 fully saturated rings. The van der Waals surface area contributed by atoms with Gasteiger partial charge >= 0.3 is 0 Å². The number of nitrogens with one attached hydrogen (secondary N) is 1. The van der Waals surface area contributed by atoms with Crippen LogP contribution in [0.2, 0.25) is 0 Å². The lowest BCUT2D eigenvalue weighted by Gasteiger charge is -2.32. The van der Waals surface area contributed by atoms with Crippen LogP contribution in [0.15, 0.2) is 0 Å². The Morgan fingerprint density at radius 3 is 2.95 bits per heavy atom. The fourth-order valence-corrected chi connectivity index (χ4v) is 4.02. The molecule has 0 aromatic carbocycles. The summed E-state index contributed by atoms with van der Waals surface area (Å²) in [6.07, 6.45) is 3.85. The van der Waals surface area contributed by atoms with Crippen molar-refractivity contribution >= 4 is 16.5 Å². The van der Waals surface area contributed by atoms with Crippen LogP contribution in [0.5, 0.6) is 0 Å². The van der Waals surface area contributed by atoms with Gasteiger partial charge in [0, 0.05) is 31.1 Å². The molecular formula is C16H29N3OS. The normalized spacial score (nSPS) is 19.5. The van der Waals surface area contributed by atoms with E-state index >= 15 is 0 Å². The first-order valence-electron chi connectivity index (χ1n) is 8.16. The molecule has 1 aromatic rings. The summed E-state index contributed by atoms with van der Waals surface area (Å²) in [5, 5.41) is 4.43. The summed E-state index contributed by atoms with van der Waals surface area (Å²) in [5.74, 6) is 0.482. The molecule has 21 heavy (non-hydrogen) atoms. The summed E-state index contributed by atoms with van der Waals surface area (Å²) in [6.45, 7) is 10.5. The van der Waals surface area contributed by atoms with Crippen LogP contribution in [-0.4, -0.2) is 37.8 Å². The number of piperidine rings is 1. The molecule has 0 spiro atoms. The van der Waals surface area contributed by atoms with Gasteiger partial charge in [-0.15, -0.1) is 11.3 Å². The second kappa shape index (κ2) is 8.11. The number of hydrogen-bond acceptors (Lipinski definition) is 5. The van der Waals surface area contributed by atoms with Crippen molar-refractivity contribution in [1.29, 1.82) is 0 Å². The van der Waals surface area contributed by atoms with Gasteiger partial charge in [-0.25, -0.2) is 4.98 Å². The zero-order valence-corrected chi connectivity index (χ0v) is 14.6. The zero-order chi connectivity index (χ0) is 15.2. The zero-order valence-electron chi connectivity index (χ0n) is 13.8. The number of aromatic nitrogens is 1. The second-order valence-corrected chi connectivity index (χ2v) is 7.13. The second-order valence-electron chi connectivity index (χ2n) is 6.07. The van der Waals surface area contributed by atoms with Crippen molar-refractivity contribution in [2.45, 2.75) is 58.6 Å². The molecule has 1 N–H and O–H groups in total. The summed E-state index contributed by atoms with van der Waals surface area (Å²) in [6, 6.07) is 0. The van der Waals surface area contributed by atoms with Crippen molar-refractivity contribution < 1.29 is 4.74 Å². The predicted molar refractivity (Wildman–Crippen MR) is 90.4 cm³/mol. The molecule has 2 rings (SSSR count). The maximum atomic E-state index is 5.94. The molecule has 1 atom stereocenters. The molecule has 0 amide bonds. The molecular weight excluding hydrogens is 282 g/mol. The Labute approximate surface area is 132 Å². The van der Waals surface area contributed by atoms with Crippen LogP contribution >= 0.6 is 11.3 Å². The Balaban J connectivity index is 2.07. The number of rotatable bonds is 7. The Bertz CT molecular complexity index is 433. The third-order valence-electron chi connectivity index (χ3n) is 3.81. The number of anilines is 1. The minimum Gasteiger partial charge on any atom is -0.376 e. The van der Waals surface area contributed by atoms with Gasteiger partial charge in [0.15, 0.2) is 5.13 Å². The van der Waals surface area contributed by atoms with Crippen molar-refractivity contribution in [1.82, 2.24) is 10.3 Å². The number of nitrogens with zero attached hydrogens (tertiary/aromatic N) is 2. The van der Waals surface area contributed by atoms with E-state index in [4.69, 9.17) is 9.72 Å². The third-order valence-corrected chi connectivity index (χ3v) is 4.94. The quantitative estimate of drug-likeness (QED) is 0.837. The van der Waals surface area contributed by atoms with Crippen molar-refractivity contribution in [3.05, 3.63) is 10.6 Å². The van der Waals surface area contributed by atoms with E-state index in [9.17, 15) is 0 Å². The minimum absolute atomic E-state index is 0.373. The molecule has 1 aliphatic rings. The molecule has 1 aliphatic heterocycles. The largest absolute Gasteiger partial charge is 0.376 e. The van der Waals surface area contributed by atoms with E-state index in [2.05, 4.69) is 31.0 Å². The average molecular weight is 311 g/mol. The highest BCUT2D eigenvalue weighted by atomic mass is 32.1. The van der Waals surface area contributed by atoms with Gasteiger partial charge < -0.3 is 15.0 Å². The lowest BCUT2D eigenvalue weighted by molar-refractivity contribution is 0.0440. The van der Waals surface area contributed by atoms with Crippen LogP contribution in [0.25, 0.3) is 0 Å². The highest BCUT2D eigenvalue weighted by Crippen LogP contribution is 2.32. The molecule has 2 heterocycles. The van der Waals surface area contributed by atoms with E-state index in [1.54, 1.807) is 0 Å². The minimum atomic E-state index is 0.373. The summed E-state index contributed by atoms with van der Waals surface area (Å²) in [5.41, 5.74) is 1.25. The number of hydrogen-bond donors (Lipinski definition) is 1. The van der Waals surface area contributed by atoms with Gasteiger partial charge in [-0.3, -0.25) is 0 Å². The summed E-state index contributed by atoms with van der Waals surface area (Å²) >= 11 is 1.84. The first-order chi connectivity index (χ1) is 10.2. The van der Waals surface area contributed by atoms with Gasteiger partial charge in [-0.2, -0.15) is 0 Å². The predicted octanol–water partition coefficient (Wildman–Crippen LogP) is 3.38. The molecule has 120 valence electrons. The van der Waals surface area contributed by atoms with Gasteiger partial charge in [0.1, 0.15) is 0 Å². The van der Waals surface area contributed by atoms with Crippen LogP contribution in [0.4, 0.5) is 5.13 Å². The summed E-state index contributed by atoms with van der Waals surface area (Å²) in [4.78, 5) is 8.71. The molecule has 1 aromatic heterocycles. The Morgan fingerprint density at radius 1 is 1.48 bits per heavy atom. The standard InChI is InChI=1S/C16H29N3OS/c1-5-9-20-13-7-6-8-19(11-13)16-18-15(12(2)3)14(21-16)10-17-4/h12-13,17H,5-11H2,1-4H3. The van der Waals surface area contributed by atoms with Crippen LogP contribution in [0.1, 0.15) is 56.5 Å². The molecule has 5 heteroatoms. The molecule has 0 aliphatic carbocycles. The first kappa shape index (κ1) is 16.7.